The van der Waals surface area contributed by atoms with Crippen LogP contribution in [0.1, 0.15) is 25.7 Å². The highest BCUT2D eigenvalue weighted by Crippen LogP contribution is 2.18. The van der Waals surface area contributed by atoms with Gasteiger partial charge in [0.15, 0.2) is 0 Å². The van der Waals surface area contributed by atoms with Gasteiger partial charge in [0.05, 0.1) is 13.2 Å². The Morgan fingerprint density at radius 1 is 1.41 bits per heavy atom. The van der Waals surface area contributed by atoms with Gasteiger partial charge in [0, 0.05) is 12.6 Å². The van der Waals surface area contributed by atoms with E-state index in [-0.39, 0.29) is 12.1 Å². The summed E-state index contributed by atoms with van der Waals surface area (Å²) in [6.07, 6.45) is 4.31. The first kappa shape index (κ1) is 12.6. The van der Waals surface area contributed by atoms with Crippen molar-refractivity contribution in [2.45, 2.75) is 37.8 Å². The number of hydrogen-bond donors (Lipinski definition) is 2. The summed E-state index contributed by atoms with van der Waals surface area (Å²) in [6, 6.07) is 0.329. The summed E-state index contributed by atoms with van der Waals surface area (Å²) in [5, 5.41) is 3.06. The molecule has 1 atom stereocenters. The second-order valence-electron chi connectivity index (χ2n) is 4.64. The SMILES string of the molecule is NC(=S)C1CN(C(=O)NC2CCCC2)CCO1. The third-order valence-corrected chi connectivity index (χ3v) is 3.62. The molecular weight excluding hydrogens is 238 g/mol. The number of nitrogens with one attached hydrogen (secondary N) is 1. The minimum Gasteiger partial charge on any atom is -0.391 e. The van der Waals surface area contributed by atoms with Gasteiger partial charge in [-0.2, -0.15) is 0 Å². The summed E-state index contributed by atoms with van der Waals surface area (Å²) in [5.74, 6) is 0. The molecule has 96 valence electrons. The lowest BCUT2D eigenvalue weighted by molar-refractivity contribution is 0.0220. The Morgan fingerprint density at radius 3 is 2.76 bits per heavy atom. The Balaban J connectivity index is 1.83. The molecule has 5 nitrogen and oxygen atoms in total. The first-order valence-electron chi connectivity index (χ1n) is 6.13. The number of nitrogens with two attached hydrogens (primary N) is 1. The van der Waals surface area contributed by atoms with E-state index in [1.54, 1.807) is 4.90 Å². The number of morpholine rings is 1. The molecule has 2 rings (SSSR count). The van der Waals surface area contributed by atoms with Gasteiger partial charge in [0.2, 0.25) is 0 Å². The summed E-state index contributed by atoms with van der Waals surface area (Å²) in [4.78, 5) is 14.1. The van der Waals surface area contributed by atoms with Crippen LogP contribution in [0.3, 0.4) is 0 Å². The minimum absolute atomic E-state index is 0.0125. The monoisotopic (exact) mass is 257 g/mol. The molecule has 17 heavy (non-hydrogen) atoms. The van der Waals surface area contributed by atoms with Gasteiger partial charge in [-0.1, -0.05) is 25.1 Å². The molecule has 1 unspecified atom stereocenters. The minimum atomic E-state index is -0.298. The molecule has 1 saturated carbocycles. The smallest absolute Gasteiger partial charge is 0.317 e. The van der Waals surface area contributed by atoms with Gasteiger partial charge in [-0.3, -0.25) is 0 Å². The zero-order chi connectivity index (χ0) is 12.3. The van der Waals surface area contributed by atoms with Crippen LogP contribution in [-0.2, 0) is 4.74 Å². The third-order valence-electron chi connectivity index (χ3n) is 3.35. The van der Waals surface area contributed by atoms with Gasteiger partial charge < -0.3 is 20.7 Å². The van der Waals surface area contributed by atoms with Crippen molar-refractivity contribution in [1.82, 2.24) is 10.2 Å². The first-order chi connectivity index (χ1) is 8.16. The van der Waals surface area contributed by atoms with E-state index >= 15 is 0 Å². The first-order valence-corrected chi connectivity index (χ1v) is 6.54. The number of carbonyl (C=O) groups is 1. The Bertz CT molecular complexity index is 305. The lowest BCUT2D eigenvalue weighted by atomic mass is 10.2. The molecule has 1 aliphatic carbocycles. The number of nitrogens with zero attached hydrogens (tertiary/aromatic N) is 1. The molecule has 2 fully saturated rings. The molecular formula is C11H19N3O2S. The van der Waals surface area contributed by atoms with Gasteiger partial charge in [-0.15, -0.1) is 0 Å². The zero-order valence-electron chi connectivity index (χ0n) is 9.85. The number of ether oxygens (including phenoxy) is 1. The standard InChI is InChI=1S/C11H19N3O2S/c12-10(17)9-7-14(5-6-16-9)11(15)13-8-3-1-2-4-8/h8-9H,1-7H2,(H2,12,17)(H,13,15). The van der Waals surface area contributed by atoms with Crippen LogP contribution in [0.2, 0.25) is 0 Å². The second kappa shape index (κ2) is 5.64. The highest BCUT2D eigenvalue weighted by molar-refractivity contribution is 7.80. The fourth-order valence-electron chi connectivity index (χ4n) is 2.34. The molecule has 6 heteroatoms. The number of urea groups is 1. The lowest BCUT2D eigenvalue weighted by Gasteiger charge is -2.33. The van der Waals surface area contributed by atoms with Crippen molar-refractivity contribution >= 4 is 23.2 Å². The number of amides is 2. The molecule has 3 N–H and O–H groups in total. The van der Waals surface area contributed by atoms with Gasteiger partial charge >= 0.3 is 6.03 Å². The van der Waals surface area contributed by atoms with Crippen LogP contribution in [0.25, 0.3) is 0 Å². The average Bonchev–Trinajstić information content (AvgIpc) is 2.82. The molecule has 1 saturated heterocycles. The van der Waals surface area contributed by atoms with Gasteiger partial charge in [-0.25, -0.2) is 4.79 Å². The van der Waals surface area contributed by atoms with Gasteiger partial charge in [0.1, 0.15) is 11.1 Å². The molecule has 0 aromatic heterocycles. The van der Waals surface area contributed by atoms with Crippen molar-refractivity contribution in [3.63, 3.8) is 0 Å². The molecule has 0 aromatic carbocycles. The summed E-state index contributed by atoms with van der Waals surface area (Å²) in [5.41, 5.74) is 5.54. The van der Waals surface area contributed by atoms with Crippen LogP contribution in [-0.4, -0.2) is 47.8 Å². The Labute approximate surface area is 107 Å². The molecule has 2 aliphatic rings. The number of rotatable bonds is 2. The highest BCUT2D eigenvalue weighted by atomic mass is 32.1. The summed E-state index contributed by atoms with van der Waals surface area (Å²) >= 11 is 4.89. The Morgan fingerprint density at radius 2 is 2.12 bits per heavy atom. The van der Waals surface area contributed by atoms with Crippen molar-refractivity contribution in [3.8, 4) is 0 Å². The maximum Gasteiger partial charge on any atom is 0.317 e. The second-order valence-corrected chi connectivity index (χ2v) is 5.11. The zero-order valence-corrected chi connectivity index (χ0v) is 10.7. The van der Waals surface area contributed by atoms with E-state index in [0.717, 1.165) is 12.8 Å². The number of hydrogen-bond acceptors (Lipinski definition) is 3. The Hall–Kier alpha value is -0.880. The lowest BCUT2D eigenvalue weighted by Crippen LogP contribution is -2.54. The summed E-state index contributed by atoms with van der Waals surface area (Å²) in [7, 11) is 0. The van der Waals surface area contributed by atoms with Gasteiger partial charge in [0.25, 0.3) is 0 Å². The van der Waals surface area contributed by atoms with Crippen LogP contribution in [0, 0.1) is 0 Å². The van der Waals surface area contributed by atoms with E-state index in [0.29, 0.717) is 30.7 Å². The van der Waals surface area contributed by atoms with Crippen molar-refractivity contribution in [1.29, 1.82) is 0 Å². The fourth-order valence-corrected chi connectivity index (χ4v) is 2.48. The quantitative estimate of drug-likeness (QED) is 0.712. The normalized spacial score (nSPS) is 25.9. The molecule has 2 amide bonds. The summed E-state index contributed by atoms with van der Waals surface area (Å²) < 4.78 is 5.40. The van der Waals surface area contributed by atoms with Gasteiger partial charge in [-0.05, 0) is 12.8 Å². The van der Waals surface area contributed by atoms with Crippen LogP contribution in [0.5, 0.6) is 0 Å². The highest BCUT2D eigenvalue weighted by Gasteiger charge is 2.27. The molecule has 0 radical (unpaired) electrons. The van der Waals surface area contributed by atoms with Crippen LogP contribution >= 0.6 is 12.2 Å². The van der Waals surface area contributed by atoms with Crippen molar-refractivity contribution in [2.75, 3.05) is 19.7 Å². The maximum absolute atomic E-state index is 12.0. The van der Waals surface area contributed by atoms with Crippen LogP contribution < -0.4 is 11.1 Å². The number of thiocarbonyl (C=S) groups is 1. The van der Waals surface area contributed by atoms with E-state index in [9.17, 15) is 4.79 Å². The largest absolute Gasteiger partial charge is 0.391 e. The van der Waals surface area contributed by atoms with E-state index in [1.807, 2.05) is 0 Å². The van der Waals surface area contributed by atoms with Crippen LogP contribution in [0.4, 0.5) is 4.79 Å². The Kier molecular flexibility index (Phi) is 4.17. The van der Waals surface area contributed by atoms with E-state index in [4.69, 9.17) is 22.7 Å². The van der Waals surface area contributed by atoms with E-state index in [1.165, 1.54) is 12.8 Å². The third kappa shape index (κ3) is 3.29. The van der Waals surface area contributed by atoms with Crippen molar-refractivity contribution in [2.24, 2.45) is 5.73 Å². The van der Waals surface area contributed by atoms with E-state index < -0.39 is 0 Å². The molecule has 0 aromatic rings. The number of carbonyl (C=O) groups excluding carboxylic acids is 1. The fraction of sp³-hybridized carbons (Fsp3) is 0.818. The molecule has 1 aliphatic heterocycles. The maximum atomic E-state index is 12.0. The predicted octanol–water partition coefficient (Wildman–Crippen LogP) is 0.625. The average molecular weight is 257 g/mol. The summed E-state index contributed by atoms with van der Waals surface area (Å²) in [6.45, 7) is 1.58. The molecule has 0 bridgehead atoms. The molecule has 0 spiro atoms. The van der Waals surface area contributed by atoms with Crippen molar-refractivity contribution in [3.05, 3.63) is 0 Å². The topological polar surface area (TPSA) is 67.6 Å². The molecule has 1 heterocycles. The van der Waals surface area contributed by atoms with E-state index in [2.05, 4.69) is 5.32 Å². The van der Waals surface area contributed by atoms with Crippen LogP contribution in [0.15, 0.2) is 0 Å². The van der Waals surface area contributed by atoms with Crippen molar-refractivity contribution < 1.29 is 9.53 Å². The predicted molar refractivity (Wildman–Crippen MR) is 68.9 cm³/mol.